The maximum absolute atomic E-state index is 8.86. The van der Waals surface area contributed by atoms with Gasteiger partial charge in [-0.25, -0.2) is 0 Å². The molecule has 17 heavy (non-hydrogen) atoms. The number of benzene rings is 1. The number of hydrogen-bond donors (Lipinski definition) is 0. The van der Waals surface area contributed by atoms with Crippen LogP contribution >= 0.6 is 11.6 Å². The van der Waals surface area contributed by atoms with Crippen molar-refractivity contribution in [1.29, 1.82) is 5.26 Å². The molecule has 0 N–H and O–H groups in total. The molecule has 1 heterocycles. The number of fused-ring (bicyclic) bond motifs is 1. The molecule has 0 atom stereocenters. The summed E-state index contributed by atoms with van der Waals surface area (Å²) >= 11 is 6.11. The molecule has 0 amide bonds. The van der Waals surface area contributed by atoms with Crippen molar-refractivity contribution in [3.05, 3.63) is 35.0 Å². The van der Waals surface area contributed by atoms with Crippen LogP contribution in [0.1, 0.15) is 18.4 Å². The van der Waals surface area contributed by atoms with E-state index in [1.54, 1.807) is 0 Å². The molecule has 0 saturated heterocycles. The van der Waals surface area contributed by atoms with Gasteiger partial charge >= 0.3 is 0 Å². The van der Waals surface area contributed by atoms with Gasteiger partial charge in [0.1, 0.15) is 11.8 Å². The Hall–Kier alpha value is -1.79. The first-order valence-corrected chi connectivity index (χ1v) is 5.81. The fourth-order valence-corrected chi connectivity index (χ4v) is 1.92. The monoisotopic (exact) mass is 244 g/mol. The van der Waals surface area contributed by atoms with Crippen molar-refractivity contribution in [3.63, 3.8) is 0 Å². The third kappa shape index (κ3) is 1.92. The molecular formula is C13H9ClN2O. The highest BCUT2D eigenvalue weighted by Gasteiger charge is 2.23. The van der Waals surface area contributed by atoms with Gasteiger partial charge in [0.05, 0.1) is 22.2 Å². The number of nitriles is 1. The SMILES string of the molecule is N#Cc1cnc2cc(OC3CC3)ccc2c1Cl. The lowest BCUT2D eigenvalue weighted by Gasteiger charge is -2.06. The predicted molar refractivity (Wildman–Crippen MR) is 65.1 cm³/mol. The first-order valence-electron chi connectivity index (χ1n) is 5.43. The van der Waals surface area contributed by atoms with Crippen LogP contribution in [0.4, 0.5) is 0 Å². The van der Waals surface area contributed by atoms with Crippen molar-refractivity contribution in [2.75, 3.05) is 0 Å². The van der Waals surface area contributed by atoms with Gasteiger partial charge < -0.3 is 4.74 Å². The molecule has 0 aliphatic heterocycles. The molecule has 4 heteroatoms. The molecule has 3 rings (SSSR count). The summed E-state index contributed by atoms with van der Waals surface area (Å²) in [7, 11) is 0. The Labute approximate surface area is 104 Å². The first kappa shape index (κ1) is 10.4. The Kier molecular flexibility index (Phi) is 2.38. The average molecular weight is 245 g/mol. The molecule has 1 fully saturated rings. The predicted octanol–water partition coefficient (Wildman–Crippen LogP) is 3.30. The second-order valence-corrected chi connectivity index (χ2v) is 4.47. The van der Waals surface area contributed by atoms with Gasteiger partial charge in [0, 0.05) is 17.6 Å². The molecule has 3 nitrogen and oxygen atoms in total. The van der Waals surface area contributed by atoms with Crippen LogP contribution in [0.15, 0.2) is 24.4 Å². The summed E-state index contributed by atoms with van der Waals surface area (Å²) in [4.78, 5) is 4.21. The summed E-state index contributed by atoms with van der Waals surface area (Å²) in [5, 5.41) is 10.1. The molecule has 1 aliphatic carbocycles. The van der Waals surface area contributed by atoms with Crippen molar-refractivity contribution in [2.45, 2.75) is 18.9 Å². The van der Waals surface area contributed by atoms with Crippen LogP contribution in [-0.2, 0) is 0 Å². The number of pyridine rings is 1. The van der Waals surface area contributed by atoms with Gasteiger partial charge in [0.25, 0.3) is 0 Å². The molecule has 1 aliphatic rings. The van der Waals surface area contributed by atoms with Crippen LogP contribution in [0.25, 0.3) is 10.9 Å². The Morgan fingerprint density at radius 3 is 2.94 bits per heavy atom. The molecule has 0 radical (unpaired) electrons. The number of rotatable bonds is 2. The summed E-state index contributed by atoms with van der Waals surface area (Å²) in [6.45, 7) is 0. The molecule has 0 spiro atoms. The Bertz CT molecular complexity index is 629. The van der Waals surface area contributed by atoms with Crippen LogP contribution in [0.2, 0.25) is 5.02 Å². The quantitative estimate of drug-likeness (QED) is 0.814. The molecule has 1 aromatic heterocycles. The van der Waals surface area contributed by atoms with Crippen LogP contribution in [0.3, 0.4) is 0 Å². The number of hydrogen-bond acceptors (Lipinski definition) is 3. The highest BCUT2D eigenvalue weighted by molar-refractivity contribution is 6.36. The Balaban J connectivity index is 2.08. The van der Waals surface area contributed by atoms with Gasteiger partial charge in [0.15, 0.2) is 0 Å². The molecule has 0 bridgehead atoms. The lowest BCUT2D eigenvalue weighted by Crippen LogP contribution is -1.96. The van der Waals surface area contributed by atoms with Crippen molar-refractivity contribution in [1.82, 2.24) is 4.98 Å². The second kappa shape index (κ2) is 3.90. The number of aromatic nitrogens is 1. The lowest BCUT2D eigenvalue weighted by atomic mass is 10.1. The van der Waals surface area contributed by atoms with Gasteiger partial charge in [-0.05, 0) is 25.0 Å². The smallest absolute Gasteiger partial charge is 0.121 e. The van der Waals surface area contributed by atoms with Gasteiger partial charge in [-0.2, -0.15) is 5.26 Å². The molecule has 2 aromatic rings. The van der Waals surface area contributed by atoms with E-state index in [1.807, 2.05) is 24.3 Å². The van der Waals surface area contributed by atoms with E-state index in [-0.39, 0.29) is 0 Å². The molecule has 1 aromatic carbocycles. The largest absolute Gasteiger partial charge is 0.490 e. The lowest BCUT2D eigenvalue weighted by molar-refractivity contribution is 0.303. The number of halogens is 1. The summed E-state index contributed by atoms with van der Waals surface area (Å²) in [5.74, 6) is 0.813. The minimum atomic E-state index is 0.362. The van der Waals surface area contributed by atoms with E-state index in [0.717, 1.165) is 29.5 Å². The molecular weight excluding hydrogens is 236 g/mol. The van der Waals surface area contributed by atoms with E-state index in [2.05, 4.69) is 4.98 Å². The minimum absolute atomic E-state index is 0.362. The van der Waals surface area contributed by atoms with E-state index in [0.29, 0.717) is 16.7 Å². The van der Waals surface area contributed by atoms with E-state index >= 15 is 0 Å². The van der Waals surface area contributed by atoms with Crippen molar-refractivity contribution in [3.8, 4) is 11.8 Å². The van der Waals surface area contributed by atoms with Gasteiger partial charge in [-0.1, -0.05) is 11.6 Å². The highest BCUT2D eigenvalue weighted by Crippen LogP contribution is 2.31. The van der Waals surface area contributed by atoms with Crippen LogP contribution in [0.5, 0.6) is 5.75 Å². The normalized spacial score (nSPS) is 14.6. The van der Waals surface area contributed by atoms with Gasteiger partial charge in [-0.3, -0.25) is 4.98 Å². The molecule has 1 saturated carbocycles. The summed E-state index contributed by atoms with van der Waals surface area (Å²) in [6.07, 6.45) is 4.10. The second-order valence-electron chi connectivity index (χ2n) is 4.09. The Morgan fingerprint density at radius 2 is 2.24 bits per heavy atom. The van der Waals surface area contributed by atoms with E-state index < -0.39 is 0 Å². The van der Waals surface area contributed by atoms with Crippen LogP contribution < -0.4 is 4.74 Å². The van der Waals surface area contributed by atoms with Crippen molar-refractivity contribution in [2.24, 2.45) is 0 Å². The zero-order valence-electron chi connectivity index (χ0n) is 8.98. The van der Waals surface area contributed by atoms with E-state index in [1.165, 1.54) is 6.20 Å². The number of nitrogens with zero attached hydrogens (tertiary/aromatic N) is 2. The summed E-state index contributed by atoms with van der Waals surface area (Å²) in [6, 6.07) is 7.60. The zero-order chi connectivity index (χ0) is 11.8. The van der Waals surface area contributed by atoms with Gasteiger partial charge in [-0.15, -0.1) is 0 Å². The van der Waals surface area contributed by atoms with Gasteiger partial charge in [0.2, 0.25) is 0 Å². The van der Waals surface area contributed by atoms with E-state index in [9.17, 15) is 0 Å². The maximum atomic E-state index is 8.86. The average Bonchev–Trinajstić information content (AvgIpc) is 3.13. The topological polar surface area (TPSA) is 45.9 Å². The minimum Gasteiger partial charge on any atom is -0.490 e. The van der Waals surface area contributed by atoms with Crippen LogP contribution in [-0.4, -0.2) is 11.1 Å². The standard InChI is InChI=1S/C13H9ClN2O/c14-13-8(6-15)7-16-12-5-10(3-4-11(12)13)17-9-1-2-9/h3-5,7,9H,1-2H2. The third-order valence-corrected chi connectivity index (χ3v) is 3.13. The zero-order valence-corrected chi connectivity index (χ0v) is 9.74. The maximum Gasteiger partial charge on any atom is 0.121 e. The molecule has 0 unspecified atom stereocenters. The van der Waals surface area contributed by atoms with Crippen molar-refractivity contribution >= 4 is 22.5 Å². The number of ether oxygens (including phenoxy) is 1. The Morgan fingerprint density at radius 1 is 1.41 bits per heavy atom. The van der Waals surface area contributed by atoms with Crippen LogP contribution in [0, 0.1) is 11.3 Å². The van der Waals surface area contributed by atoms with Crippen molar-refractivity contribution < 1.29 is 4.74 Å². The first-order chi connectivity index (χ1) is 8.28. The fraction of sp³-hybridized carbons (Fsp3) is 0.231. The summed E-state index contributed by atoms with van der Waals surface area (Å²) in [5.41, 5.74) is 1.15. The third-order valence-electron chi connectivity index (χ3n) is 2.72. The molecule has 84 valence electrons. The highest BCUT2D eigenvalue weighted by atomic mass is 35.5. The summed E-state index contributed by atoms with van der Waals surface area (Å²) < 4.78 is 5.68. The fourth-order valence-electron chi connectivity index (χ4n) is 1.67. The van der Waals surface area contributed by atoms with E-state index in [4.69, 9.17) is 21.6 Å².